The number of anilines is 2. The first-order valence-corrected chi connectivity index (χ1v) is 7.58. The fourth-order valence-corrected chi connectivity index (χ4v) is 2.90. The Morgan fingerprint density at radius 3 is 3.05 bits per heavy atom. The molecule has 2 rings (SSSR count). The number of nitrogens with one attached hydrogen (secondary N) is 1. The molecule has 1 aromatic carbocycles. The Morgan fingerprint density at radius 2 is 2.30 bits per heavy atom. The molecule has 1 amide bonds. The summed E-state index contributed by atoms with van der Waals surface area (Å²) in [6, 6.07) is 7.97. The molecule has 4 nitrogen and oxygen atoms in total. The van der Waals surface area contributed by atoms with Gasteiger partial charge in [-0.3, -0.25) is 9.69 Å². The molecule has 1 aliphatic rings. The van der Waals surface area contributed by atoms with Gasteiger partial charge >= 0.3 is 0 Å². The summed E-state index contributed by atoms with van der Waals surface area (Å²) in [4.78, 5) is 14.4. The Labute approximate surface area is 121 Å². The molecule has 1 aromatic rings. The van der Waals surface area contributed by atoms with E-state index < -0.39 is 0 Å². The van der Waals surface area contributed by atoms with Crippen molar-refractivity contribution in [3.63, 3.8) is 0 Å². The maximum Gasteiger partial charge on any atom is 0.225 e. The normalized spacial score (nSPS) is 19.8. The number of carbonyl (C=O) groups excluding carboxylic acids is 1. The third kappa shape index (κ3) is 4.23. The molecule has 1 unspecified atom stereocenters. The Bertz CT molecular complexity index is 447. The van der Waals surface area contributed by atoms with Crippen LogP contribution in [0.5, 0.6) is 0 Å². The van der Waals surface area contributed by atoms with Crippen molar-refractivity contribution < 1.29 is 4.79 Å². The first kappa shape index (κ1) is 14.9. The van der Waals surface area contributed by atoms with Crippen LogP contribution in [-0.2, 0) is 4.79 Å². The Kier molecular flexibility index (Phi) is 5.41. The number of hydrogen-bond acceptors (Lipinski definition) is 3. The van der Waals surface area contributed by atoms with Crippen LogP contribution in [0.15, 0.2) is 24.3 Å². The van der Waals surface area contributed by atoms with Gasteiger partial charge in [0.15, 0.2) is 0 Å². The van der Waals surface area contributed by atoms with Crippen LogP contribution in [0.3, 0.4) is 0 Å². The number of benzene rings is 1. The summed E-state index contributed by atoms with van der Waals surface area (Å²) in [7, 11) is 0. The fourth-order valence-electron chi connectivity index (χ4n) is 2.90. The van der Waals surface area contributed by atoms with Crippen LogP contribution >= 0.6 is 0 Å². The number of piperidine rings is 1. The highest BCUT2D eigenvalue weighted by Gasteiger charge is 2.20. The van der Waals surface area contributed by atoms with E-state index >= 15 is 0 Å². The van der Waals surface area contributed by atoms with Crippen LogP contribution in [-0.4, -0.2) is 29.9 Å². The zero-order valence-corrected chi connectivity index (χ0v) is 12.3. The van der Waals surface area contributed by atoms with Crippen molar-refractivity contribution in [3.05, 3.63) is 24.3 Å². The van der Waals surface area contributed by atoms with Crippen LogP contribution in [0.1, 0.15) is 39.0 Å². The van der Waals surface area contributed by atoms with Crippen molar-refractivity contribution in [3.8, 4) is 0 Å². The van der Waals surface area contributed by atoms with Crippen molar-refractivity contribution in [1.82, 2.24) is 4.90 Å². The van der Waals surface area contributed by atoms with E-state index in [2.05, 4.69) is 17.1 Å². The Balaban J connectivity index is 1.79. The molecule has 0 spiro atoms. The average Bonchev–Trinajstić information content (AvgIpc) is 2.45. The summed E-state index contributed by atoms with van der Waals surface area (Å²) >= 11 is 0. The molecular weight excluding hydrogens is 250 g/mol. The van der Waals surface area contributed by atoms with Gasteiger partial charge in [-0.15, -0.1) is 0 Å². The SMILES string of the molecule is CCC1CCCCN1CCC(=O)Nc1cccc(N)c1. The summed E-state index contributed by atoms with van der Waals surface area (Å²) in [6.07, 6.45) is 5.58. The van der Waals surface area contributed by atoms with Crippen molar-refractivity contribution in [2.75, 3.05) is 24.1 Å². The number of nitrogens with zero attached hydrogens (tertiary/aromatic N) is 1. The zero-order chi connectivity index (χ0) is 14.4. The molecule has 0 aromatic heterocycles. The van der Waals surface area contributed by atoms with E-state index in [4.69, 9.17) is 5.73 Å². The van der Waals surface area contributed by atoms with E-state index in [0.29, 0.717) is 18.2 Å². The van der Waals surface area contributed by atoms with E-state index in [1.54, 1.807) is 6.07 Å². The number of carbonyl (C=O) groups is 1. The molecule has 110 valence electrons. The largest absolute Gasteiger partial charge is 0.399 e. The highest BCUT2D eigenvalue weighted by molar-refractivity contribution is 5.91. The number of hydrogen-bond donors (Lipinski definition) is 2. The average molecular weight is 275 g/mol. The summed E-state index contributed by atoms with van der Waals surface area (Å²) in [5.41, 5.74) is 7.15. The second kappa shape index (κ2) is 7.29. The maximum absolute atomic E-state index is 12.0. The monoisotopic (exact) mass is 275 g/mol. The molecule has 20 heavy (non-hydrogen) atoms. The minimum Gasteiger partial charge on any atom is -0.399 e. The van der Waals surface area contributed by atoms with Crippen LogP contribution in [0.4, 0.5) is 11.4 Å². The zero-order valence-electron chi connectivity index (χ0n) is 12.3. The molecule has 3 N–H and O–H groups in total. The first-order chi connectivity index (χ1) is 9.69. The summed E-state index contributed by atoms with van der Waals surface area (Å²) in [5.74, 6) is 0.0658. The van der Waals surface area contributed by atoms with Crippen molar-refractivity contribution in [2.45, 2.75) is 45.1 Å². The molecule has 1 atom stereocenters. The summed E-state index contributed by atoms with van der Waals surface area (Å²) < 4.78 is 0. The highest BCUT2D eigenvalue weighted by atomic mass is 16.1. The number of nitrogen functional groups attached to an aromatic ring is 1. The van der Waals surface area contributed by atoms with E-state index in [1.807, 2.05) is 18.2 Å². The summed E-state index contributed by atoms with van der Waals surface area (Å²) in [5, 5.41) is 2.91. The third-order valence-corrected chi connectivity index (χ3v) is 4.02. The van der Waals surface area contributed by atoms with Crippen molar-refractivity contribution in [1.29, 1.82) is 0 Å². The number of amides is 1. The van der Waals surface area contributed by atoms with Crippen LogP contribution in [0.25, 0.3) is 0 Å². The van der Waals surface area contributed by atoms with Crippen molar-refractivity contribution >= 4 is 17.3 Å². The molecule has 0 saturated carbocycles. The van der Waals surface area contributed by atoms with Gasteiger partial charge < -0.3 is 11.1 Å². The lowest BCUT2D eigenvalue weighted by Gasteiger charge is -2.35. The molecule has 1 aliphatic heterocycles. The predicted octanol–water partition coefficient (Wildman–Crippen LogP) is 2.86. The first-order valence-electron chi connectivity index (χ1n) is 7.58. The van der Waals surface area contributed by atoms with E-state index in [9.17, 15) is 4.79 Å². The Hall–Kier alpha value is -1.55. The van der Waals surface area contributed by atoms with Gasteiger partial charge in [0.2, 0.25) is 5.91 Å². The molecular formula is C16H25N3O. The lowest BCUT2D eigenvalue weighted by Crippen LogP contribution is -2.40. The third-order valence-electron chi connectivity index (χ3n) is 4.02. The number of nitrogens with two attached hydrogens (primary N) is 1. The van der Waals surface area contributed by atoms with Crippen LogP contribution < -0.4 is 11.1 Å². The second-order valence-electron chi connectivity index (χ2n) is 5.52. The van der Waals surface area contributed by atoms with Crippen LogP contribution in [0.2, 0.25) is 0 Å². The summed E-state index contributed by atoms with van der Waals surface area (Å²) in [6.45, 7) is 4.21. The maximum atomic E-state index is 12.0. The molecule has 0 aliphatic carbocycles. The minimum atomic E-state index is 0.0658. The molecule has 1 saturated heterocycles. The van der Waals surface area contributed by atoms with Gasteiger partial charge in [-0.05, 0) is 44.0 Å². The molecule has 4 heteroatoms. The van der Waals surface area contributed by atoms with Crippen LogP contribution in [0, 0.1) is 0 Å². The van der Waals surface area contributed by atoms with E-state index in [-0.39, 0.29) is 5.91 Å². The van der Waals surface area contributed by atoms with Crippen molar-refractivity contribution in [2.24, 2.45) is 0 Å². The van der Waals surface area contributed by atoms with Gasteiger partial charge in [0, 0.05) is 30.4 Å². The van der Waals surface area contributed by atoms with Gasteiger partial charge in [0.1, 0.15) is 0 Å². The van der Waals surface area contributed by atoms with Gasteiger partial charge in [-0.1, -0.05) is 19.4 Å². The van der Waals surface area contributed by atoms with Gasteiger partial charge in [0.05, 0.1) is 0 Å². The highest BCUT2D eigenvalue weighted by Crippen LogP contribution is 2.19. The smallest absolute Gasteiger partial charge is 0.225 e. The van der Waals surface area contributed by atoms with E-state index in [1.165, 1.54) is 25.7 Å². The lowest BCUT2D eigenvalue weighted by molar-refractivity contribution is -0.116. The lowest BCUT2D eigenvalue weighted by atomic mass is 10.00. The molecule has 1 fully saturated rings. The topological polar surface area (TPSA) is 58.4 Å². The predicted molar refractivity (Wildman–Crippen MR) is 83.6 cm³/mol. The quantitative estimate of drug-likeness (QED) is 0.812. The standard InChI is InChI=1S/C16H25N3O/c1-2-15-8-3-4-10-19(15)11-9-16(20)18-14-7-5-6-13(17)12-14/h5-7,12,15H,2-4,8-11,17H2,1H3,(H,18,20). The molecule has 0 radical (unpaired) electrons. The minimum absolute atomic E-state index is 0.0658. The van der Waals surface area contributed by atoms with Gasteiger partial charge in [0.25, 0.3) is 0 Å². The molecule has 1 heterocycles. The van der Waals surface area contributed by atoms with Gasteiger partial charge in [-0.25, -0.2) is 0 Å². The Morgan fingerprint density at radius 1 is 1.45 bits per heavy atom. The van der Waals surface area contributed by atoms with Gasteiger partial charge in [-0.2, -0.15) is 0 Å². The number of rotatable bonds is 5. The molecule has 0 bridgehead atoms. The fraction of sp³-hybridized carbons (Fsp3) is 0.562. The number of likely N-dealkylation sites (tertiary alicyclic amines) is 1. The van der Waals surface area contributed by atoms with E-state index in [0.717, 1.165) is 18.8 Å². The second-order valence-corrected chi connectivity index (χ2v) is 5.52.